The van der Waals surface area contributed by atoms with E-state index < -0.39 is 5.56 Å². The monoisotopic (exact) mass is 419 g/mol. The Balaban J connectivity index is 1.75. The first kappa shape index (κ1) is 19.8. The molecule has 3 N–H and O–H groups in total. The molecule has 0 radical (unpaired) electrons. The average Bonchev–Trinajstić information content (AvgIpc) is 2.70. The predicted octanol–water partition coefficient (Wildman–Crippen LogP) is 3.06. The molecule has 10 heteroatoms. The highest BCUT2D eigenvalue weighted by molar-refractivity contribution is 7.98. The third-order valence-electron chi connectivity index (χ3n) is 3.77. The molecule has 2 aromatic carbocycles. The SMILES string of the molecule is COc1ccc(CSc2nnc(Nc3cccc(Cl)c3)c(=O)n2N)cc1OC. The fourth-order valence-corrected chi connectivity index (χ4v) is 3.37. The molecular formula is C18H18ClN5O3S. The second-order valence-electron chi connectivity index (χ2n) is 5.62. The maximum Gasteiger partial charge on any atom is 0.315 e. The molecule has 0 atom stereocenters. The molecule has 0 saturated heterocycles. The van der Waals surface area contributed by atoms with Gasteiger partial charge in [0.15, 0.2) is 11.5 Å². The maximum absolute atomic E-state index is 12.5. The third-order valence-corrected chi connectivity index (χ3v) is 5.02. The van der Waals surface area contributed by atoms with Crippen molar-refractivity contribution in [2.45, 2.75) is 10.9 Å². The second-order valence-corrected chi connectivity index (χ2v) is 7.00. The fraction of sp³-hybridized carbons (Fsp3) is 0.167. The van der Waals surface area contributed by atoms with Crippen LogP contribution in [0.25, 0.3) is 0 Å². The number of nitrogens with two attached hydrogens (primary N) is 1. The quantitative estimate of drug-likeness (QED) is 0.444. The average molecular weight is 420 g/mol. The van der Waals surface area contributed by atoms with E-state index in [1.807, 2.05) is 18.2 Å². The Morgan fingerprint density at radius 3 is 2.64 bits per heavy atom. The van der Waals surface area contributed by atoms with E-state index in [1.165, 1.54) is 11.8 Å². The second kappa shape index (κ2) is 8.85. The van der Waals surface area contributed by atoms with Crippen molar-refractivity contribution >= 4 is 34.9 Å². The molecule has 0 saturated carbocycles. The van der Waals surface area contributed by atoms with Gasteiger partial charge in [-0.15, -0.1) is 10.2 Å². The number of hydrogen-bond acceptors (Lipinski definition) is 8. The summed E-state index contributed by atoms with van der Waals surface area (Å²) >= 11 is 7.23. The molecule has 0 fully saturated rings. The minimum Gasteiger partial charge on any atom is -0.493 e. The lowest BCUT2D eigenvalue weighted by atomic mass is 10.2. The molecule has 1 aromatic heterocycles. The number of nitrogens with zero attached hydrogens (tertiary/aromatic N) is 3. The van der Waals surface area contributed by atoms with Crippen LogP contribution in [-0.2, 0) is 5.75 Å². The molecule has 28 heavy (non-hydrogen) atoms. The summed E-state index contributed by atoms with van der Waals surface area (Å²) in [6.07, 6.45) is 0. The lowest BCUT2D eigenvalue weighted by Crippen LogP contribution is -2.32. The van der Waals surface area contributed by atoms with Gasteiger partial charge in [-0.25, -0.2) is 0 Å². The maximum atomic E-state index is 12.5. The van der Waals surface area contributed by atoms with E-state index in [2.05, 4.69) is 15.5 Å². The van der Waals surface area contributed by atoms with Crippen LogP contribution < -0.4 is 26.2 Å². The highest BCUT2D eigenvalue weighted by Crippen LogP contribution is 2.30. The molecule has 3 aromatic rings. The van der Waals surface area contributed by atoms with Gasteiger partial charge in [0.1, 0.15) is 0 Å². The smallest absolute Gasteiger partial charge is 0.315 e. The molecule has 0 amide bonds. The van der Waals surface area contributed by atoms with E-state index in [0.717, 1.165) is 10.2 Å². The summed E-state index contributed by atoms with van der Waals surface area (Å²) in [7, 11) is 3.15. The molecule has 146 valence electrons. The first-order chi connectivity index (χ1) is 13.5. The van der Waals surface area contributed by atoms with Crippen LogP contribution in [0.15, 0.2) is 52.4 Å². The lowest BCUT2D eigenvalue weighted by molar-refractivity contribution is 0.354. The van der Waals surface area contributed by atoms with Gasteiger partial charge in [0.2, 0.25) is 11.0 Å². The van der Waals surface area contributed by atoms with Gasteiger partial charge in [0.05, 0.1) is 14.2 Å². The van der Waals surface area contributed by atoms with Crippen molar-refractivity contribution < 1.29 is 9.47 Å². The predicted molar refractivity (Wildman–Crippen MR) is 110 cm³/mol. The van der Waals surface area contributed by atoms with Crippen molar-refractivity contribution in [3.63, 3.8) is 0 Å². The minimum atomic E-state index is -0.496. The van der Waals surface area contributed by atoms with Crippen molar-refractivity contribution in [3.8, 4) is 11.5 Å². The number of nitrogens with one attached hydrogen (secondary N) is 1. The Kier molecular flexibility index (Phi) is 6.27. The summed E-state index contributed by atoms with van der Waals surface area (Å²) in [5.41, 5.74) is 1.08. The van der Waals surface area contributed by atoms with Crippen LogP contribution in [-0.4, -0.2) is 29.1 Å². The number of nitrogen functional groups attached to an aromatic ring is 1. The van der Waals surface area contributed by atoms with Gasteiger partial charge in [-0.1, -0.05) is 35.5 Å². The number of methoxy groups -OCH3 is 2. The van der Waals surface area contributed by atoms with E-state index in [1.54, 1.807) is 38.5 Å². The molecule has 0 aliphatic rings. The summed E-state index contributed by atoms with van der Waals surface area (Å²) < 4.78 is 11.5. The Bertz CT molecular complexity index is 1040. The summed E-state index contributed by atoms with van der Waals surface area (Å²) in [5, 5.41) is 11.7. The van der Waals surface area contributed by atoms with Crippen LogP contribution in [0.5, 0.6) is 11.5 Å². The van der Waals surface area contributed by atoms with Crippen LogP contribution in [0.2, 0.25) is 5.02 Å². The Morgan fingerprint density at radius 2 is 1.93 bits per heavy atom. The fourth-order valence-electron chi connectivity index (χ4n) is 2.38. The van der Waals surface area contributed by atoms with Crippen LogP contribution in [0.3, 0.4) is 0 Å². The molecule has 3 rings (SSSR count). The van der Waals surface area contributed by atoms with Crippen LogP contribution in [0.1, 0.15) is 5.56 Å². The topological polar surface area (TPSA) is 104 Å². The van der Waals surface area contributed by atoms with Gasteiger partial charge in [0.25, 0.3) is 0 Å². The standard InChI is InChI=1S/C18H18ClN5O3S/c1-26-14-7-6-11(8-15(14)27-2)10-28-18-23-22-16(17(25)24(18)20)21-13-5-3-4-12(19)9-13/h3-9H,10,20H2,1-2H3,(H,21,22). The Labute approximate surface area is 170 Å². The molecule has 0 unspecified atom stereocenters. The van der Waals surface area contributed by atoms with E-state index in [-0.39, 0.29) is 11.0 Å². The highest BCUT2D eigenvalue weighted by atomic mass is 35.5. The summed E-state index contributed by atoms with van der Waals surface area (Å²) in [6, 6.07) is 12.5. The van der Waals surface area contributed by atoms with E-state index in [9.17, 15) is 4.79 Å². The highest BCUT2D eigenvalue weighted by Gasteiger charge is 2.12. The number of ether oxygens (including phenoxy) is 2. The number of hydrogen-bond donors (Lipinski definition) is 2. The summed E-state index contributed by atoms with van der Waals surface area (Å²) in [6.45, 7) is 0. The van der Waals surface area contributed by atoms with Crippen molar-refractivity contribution in [2.24, 2.45) is 0 Å². The number of anilines is 2. The van der Waals surface area contributed by atoms with Crippen molar-refractivity contribution in [1.82, 2.24) is 14.9 Å². The molecule has 0 spiro atoms. The van der Waals surface area contributed by atoms with Gasteiger partial charge in [0, 0.05) is 16.5 Å². The minimum absolute atomic E-state index is 0.0141. The van der Waals surface area contributed by atoms with Gasteiger partial charge < -0.3 is 20.6 Å². The van der Waals surface area contributed by atoms with E-state index in [4.69, 9.17) is 26.9 Å². The van der Waals surface area contributed by atoms with Crippen molar-refractivity contribution in [1.29, 1.82) is 0 Å². The first-order valence-electron chi connectivity index (χ1n) is 8.13. The van der Waals surface area contributed by atoms with Crippen LogP contribution >= 0.6 is 23.4 Å². The van der Waals surface area contributed by atoms with Gasteiger partial charge in [-0.2, -0.15) is 4.68 Å². The Hall–Kier alpha value is -2.91. The zero-order chi connectivity index (χ0) is 20.1. The van der Waals surface area contributed by atoms with Gasteiger partial charge in [-0.05, 0) is 35.9 Å². The molecule has 0 bridgehead atoms. The lowest BCUT2D eigenvalue weighted by Gasteiger charge is -2.11. The summed E-state index contributed by atoms with van der Waals surface area (Å²) in [4.78, 5) is 12.5. The molecule has 1 heterocycles. The normalized spacial score (nSPS) is 10.5. The molecule has 0 aliphatic carbocycles. The largest absolute Gasteiger partial charge is 0.493 e. The number of rotatable bonds is 7. The van der Waals surface area contributed by atoms with Crippen molar-refractivity contribution in [2.75, 3.05) is 25.4 Å². The first-order valence-corrected chi connectivity index (χ1v) is 9.49. The summed E-state index contributed by atoms with van der Waals surface area (Å²) in [5.74, 6) is 7.70. The third kappa shape index (κ3) is 4.49. The van der Waals surface area contributed by atoms with Gasteiger partial charge >= 0.3 is 5.56 Å². The number of aromatic nitrogens is 3. The number of halogens is 1. The van der Waals surface area contributed by atoms with E-state index >= 15 is 0 Å². The van der Waals surface area contributed by atoms with Crippen molar-refractivity contribution in [3.05, 3.63) is 63.4 Å². The molecule has 0 aliphatic heterocycles. The zero-order valence-electron chi connectivity index (χ0n) is 15.2. The zero-order valence-corrected chi connectivity index (χ0v) is 16.8. The van der Waals surface area contributed by atoms with E-state index in [0.29, 0.717) is 28.0 Å². The number of thioether (sulfide) groups is 1. The van der Waals surface area contributed by atoms with Crippen LogP contribution in [0.4, 0.5) is 11.5 Å². The number of benzene rings is 2. The molecule has 8 nitrogen and oxygen atoms in total. The molecular weight excluding hydrogens is 402 g/mol. The van der Waals surface area contributed by atoms with Crippen LogP contribution in [0, 0.1) is 0 Å². The van der Waals surface area contributed by atoms with Gasteiger partial charge in [-0.3, -0.25) is 4.79 Å². The Morgan fingerprint density at radius 1 is 1.14 bits per heavy atom.